The van der Waals surface area contributed by atoms with E-state index in [0.29, 0.717) is 24.2 Å². The Morgan fingerprint density at radius 3 is 2.96 bits per heavy atom. The second-order valence-electron chi connectivity index (χ2n) is 7.38. The highest BCUT2D eigenvalue weighted by molar-refractivity contribution is 5.89. The van der Waals surface area contributed by atoms with Crippen molar-refractivity contribution in [1.29, 1.82) is 0 Å². The Bertz CT molecular complexity index is 783. The number of aromatic nitrogens is 1. The molecule has 6 nitrogen and oxygen atoms in total. The lowest BCUT2D eigenvalue weighted by atomic mass is 10.1. The molecule has 6 heteroatoms. The minimum atomic E-state index is -0.0470. The number of fused-ring (bicyclic) bond motifs is 1. The Balaban J connectivity index is 1.36. The lowest BCUT2D eigenvalue weighted by Gasteiger charge is -2.42. The van der Waals surface area contributed by atoms with Gasteiger partial charge in [0.1, 0.15) is 6.61 Å². The molecule has 1 aromatic heterocycles. The monoisotopic (exact) mass is 366 g/mol. The normalized spacial score (nSPS) is 22.3. The summed E-state index contributed by atoms with van der Waals surface area (Å²) in [4.78, 5) is 21.5. The Hall–Kier alpha value is -2.60. The van der Waals surface area contributed by atoms with Gasteiger partial charge in [0.05, 0.1) is 0 Å². The molecule has 0 radical (unpaired) electrons. The van der Waals surface area contributed by atoms with Crippen molar-refractivity contribution in [1.82, 2.24) is 14.8 Å². The molecule has 2 saturated heterocycles. The first-order chi connectivity index (χ1) is 13.2. The molecule has 27 heavy (non-hydrogen) atoms. The number of anilines is 1. The number of piperazine rings is 1. The topological polar surface area (TPSA) is 57.7 Å². The summed E-state index contributed by atoms with van der Waals surface area (Å²) >= 11 is 0. The van der Waals surface area contributed by atoms with Gasteiger partial charge in [-0.25, -0.2) is 9.78 Å². The molecule has 0 saturated carbocycles. The van der Waals surface area contributed by atoms with Gasteiger partial charge in [0.25, 0.3) is 0 Å². The fourth-order valence-corrected chi connectivity index (χ4v) is 3.96. The van der Waals surface area contributed by atoms with Crippen molar-refractivity contribution in [3.05, 3.63) is 54.2 Å². The first-order valence-electron chi connectivity index (χ1n) is 9.63. The van der Waals surface area contributed by atoms with Gasteiger partial charge in [0, 0.05) is 43.1 Å². The third kappa shape index (κ3) is 4.22. The summed E-state index contributed by atoms with van der Waals surface area (Å²) in [6, 6.07) is 14.2. The zero-order valence-corrected chi connectivity index (χ0v) is 15.7. The van der Waals surface area contributed by atoms with Gasteiger partial charge >= 0.3 is 6.03 Å². The highest BCUT2D eigenvalue weighted by Crippen LogP contribution is 2.25. The number of carbonyl (C=O) groups excluding carboxylic acids is 1. The lowest BCUT2D eigenvalue weighted by molar-refractivity contribution is 0.0861. The van der Waals surface area contributed by atoms with Crippen molar-refractivity contribution in [2.24, 2.45) is 0 Å². The number of nitrogens with zero attached hydrogens (tertiary/aromatic N) is 3. The maximum absolute atomic E-state index is 12.8. The Kier molecular flexibility index (Phi) is 5.25. The highest BCUT2D eigenvalue weighted by Gasteiger charge is 2.36. The number of hydrogen-bond donors (Lipinski definition) is 1. The average Bonchev–Trinajstić information content (AvgIpc) is 3.14. The summed E-state index contributed by atoms with van der Waals surface area (Å²) in [5.41, 5.74) is 1.79. The van der Waals surface area contributed by atoms with Gasteiger partial charge in [0.2, 0.25) is 5.88 Å². The number of ether oxygens (including phenoxy) is 1. The van der Waals surface area contributed by atoms with Crippen LogP contribution in [-0.4, -0.2) is 52.5 Å². The molecule has 0 spiro atoms. The van der Waals surface area contributed by atoms with Gasteiger partial charge < -0.3 is 15.0 Å². The molecule has 2 aliphatic rings. The molecular formula is C21H26N4O2. The Morgan fingerprint density at radius 2 is 2.11 bits per heavy atom. The van der Waals surface area contributed by atoms with Gasteiger partial charge in [-0.2, -0.15) is 0 Å². The average molecular weight is 366 g/mol. The minimum absolute atomic E-state index is 0.0470. The number of benzene rings is 1. The molecule has 0 aliphatic carbocycles. The van der Waals surface area contributed by atoms with Crippen molar-refractivity contribution in [2.75, 3.05) is 25.0 Å². The fourth-order valence-electron chi connectivity index (χ4n) is 3.96. The van der Waals surface area contributed by atoms with Crippen LogP contribution in [0.5, 0.6) is 5.88 Å². The smallest absolute Gasteiger partial charge is 0.322 e. The van der Waals surface area contributed by atoms with Crippen LogP contribution in [-0.2, 0) is 6.61 Å². The Labute approximate surface area is 160 Å². The number of pyridine rings is 1. The van der Waals surface area contributed by atoms with E-state index in [1.54, 1.807) is 18.3 Å². The molecule has 1 N–H and O–H groups in total. The van der Waals surface area contributed by atoms with Gasteiger partial charge in [-0.05, 0) is 37.9 Å². The number of nitrogens with one attached hydrogen (secondary N) is 1. The van der Waals surface area contributed by atoms with Crippen molar-refractivity contribution in [2.45, 2.75) is 38.5 Å². The van der Waals surface area contributed by atoms with Crippen LogP contribution >= 0.6 is 0 Å². The highest BCUT2D eigenvalue weighted by atomic mass is 16.5. The number of rotatable bonds is 4. The van der Waals surface area contributed by atoms with Crippen LogP contribution < -0.4 is 10.1 Å². The van der Waals surface area contributed by atoms with Crippen molar-refractivity contribution >= 4 is 11.7 Å². The molecule has 1 aromatic carbocycles. The largest absolute Gasteiger partial charge is 0.473 e. The van der Waals surface area contributed by atoms with Gasteiger partial charge in [-0.3, -0.25) is 4.90 Å². The summed E-state index contributed by atoms with van der Waals surface area (Å²) in [5.74, 6) is 0.505. The second-order valence-corrected chi connectivity index (χ2v) is 7.38. The number of urea groups is 1. The summed E-state index contributed by atoms with van der Waals surface area (Å²) in [6.45, 7) is 5.49. The Morgan fingerprint density at radius 1 is 1.26 bits per heavy atom. The van der Waals surface area contributed by atoms with Crippen LogP contribution in [0.15, 0.2) is 48.7 Å². The van der Waals surface area contributed by atoms with Gasteiger partial charge in [-0.15, -0.1) is 0 Å². The number of carbonyl (C=O) groups is 1. The summed E-state index contributed by atoms with van der Waals surface area (Å²) < 4.78 is 5.75. The van der Waals surface area contributed by atoms with Crippen LogP contribution in [0.3, 0.4) is 0 Å². The SMILES string of the molecule is CC1CN2CCCC2CN1C(=O)Nc1ccnc(OCc2ccccc2)c1. The third-order valence-electron chi connectivity index (χ3n) is 5.41. The maximum atomic E-state index is 12.8. The zero-order valence-electron chi connectivity index (χ0n) is 15.7. The minimum Gasteiger partial charge on any atom is -0.473 e. The summed E-state index contributed by atoms with van der Waals surface area (Å²) in [7, 11) is 0. The standard InChI is InChI=1S/C21H26N4O2/c1-16-13-24-11-5-8-19(24)14-25(16)21(26)23-18-9-10-22-20(12-18)27-15-17-6-3-2-4-7-17/h2-4,6-7,9-10,12,16,19H,5,8,11,13-15H2,1H3,(H,22,23,26). The summed E-state index contributed by atoms with van der Waals surface area (Å²) in [6.07, 6.45) is 4.08. The zero-order chi connectivity index (χ0) is 18.6. The van der Waals surface area contributed by atoms with E-state index in [-0.39, 0.29) is 12.1 Å². The maximum Gasteiger partial charge on any atom is 0.322 e. The van der Waals surface area contributed by atoms with Gasteiger partial charge in [-0.1, -0.05) is 30.3 Å². The van der Waals surface area contributed by atoms with Crippen LogP contribution in [0.1, 0.15) is 25.3 Å². The number of hydrogen-bond acceptors (Lipinski definition) is 4. The van der Waals surface area contributed by atoms with Crippen LogP contribution in [0.2, 0.25) is 0 Å². The van der Waals surface area contributed by atoms with Crippen molar-refractivity contribution in [3.8, 4) is 5.88 Å². The molecule has 2 fully saturated rings. The van der Waals surface area contributed by atoms with Crippen LogP contribution in [0, 0.1) is 0 Å². The summed E-state index contributed by atoms with van der Waals surface area (Å²) in [5, 5.41) is 3.01. The van der Waals surface area contributed by atoms with E-state index in [2.05, 4.69) is 22.1 Å². The predicted molar refractivity (Wildman–Crippen MR) is 105 cm³/mol. The molecule has 2 aromatic rings. The number of amides is 2. The van der Waals surface area contributed by atoms with E-state index in [1.807, 2.05) is 35.2 Å². The van der Waals surface area contributed by atoms with Crippen LogP contribution in [0.25, 0.3) is 0 Å². The van der Waals surface area contributed by atoms with E-state index in [4.69, 9.17) is 4.74 Å². The van der Waals surface area contributed by atoms with Crippen molar-refractivity contribution < 1.29 is 9.53 Å². The molecule has 2 amide bonds. The first kappa shape index (κ1) is 17.8. The molecule has 4 rings (SSSR count). The van der Waals surface area contributed by atoms with Crippen LogP contribution in [0.4, 0.5) is 10.5 Å². The predicted octanol–water partition coefficient (Wildman–Crippen LogP) is 3.36. The third-order valence-corrected chi connectivity index (χ3v) is 5.41. The molecule has 3 heterocycles. The molecule has 2 atom stereocenters. The second kappa shape index (κ2) is 7.96. The molecule has 0 bridgehead atoms. The van der Waals surface area contributed by atoms with Crippen molar-refractivity contribution in [3.63, 3.8) is 0 Å². The van der Waals surface area contributed by atoms with E-state index in [0.717, 1.165) is 25.2 Å². The van der Waals surface area contributed by atoms with E-state index in [9.17, 15) is 4.79 Å². The quantitative estimate of drug-likeness (QED) is 0.901. The lowest BCUT2D eigenvalue weighted by Crippen LogP contribution is -2.57. The fraction of sp³-hybridized carbons (Fsp3) is 0.429. The van der Waals surface area contributed by atoms with E-state index >= 15 is 0 Å². The molecular weight excluding hydrogens is 340 g/mol. The van der Waals surface area contributed by atoms with Gasteiger partial charge in [0.15, 0.2) is 0 Å². The molecule has 2 aliphatic heterocycles. The first-order valence-corrected chi connectivity index (χ1v) is 9.63. The van der Waals surface area contributed by atoms with E-state index in [1.165, 1.54) is 12.8 Å². The molecule has 2 unspecified atom stereocenters. The molecule has 142 valence electrons. The van der Waals surface area contributed by atoms with E-state index < -0.39 is 0 Å².